The monoisotopic (exact) mass is 309 g/mol. The summed E-state index contributed by atoms with van der Waals surface area (Å²) in [6.45, 7) is 1.52. The smallest absolute Gasteiger partial charge is 0.242 e. The molecule has 0 unspecified atom stereocenters. The van der Waals surface area contributed by atoms with Crippen LogP contribution >= 0.6 is 0 Å². The van der Waals surface area contributed by atoms with Gasteiger partial charge in [0.1, 0.15) is 4.90 Å². The molecule has 2 heterocycles. The predicted molar refractivity (Wildman–Crippen MR) is 78.8 cm³/mol. The molecule has 2 aromatic rings. The van der Waals surface area contributed by atoms with E-state index in [1.54, 1.807) is 18.6 Å². The lowest BCUT2D eigenvalue weighted by molar-refractivity contribution is 0.565. The second-order valence-corrected chi connectivity index (χ2v) is 6.36. The minimum absolute atomic E-state index is 0.161. The molecule has 0 saturated heterocycles. The third-order valence-electron chi connectivity index (χ3n) is 3.01. The lowest BCUT2D eigenvalue weighted by Crippen LogP contribution is -2.25. The van der Waals surface area contributed by atoms with Crippen LogP contribution < -0.4 is 10.5 Å². The predicted octanol–water partition coefficient (Wildman–Crippen LogP) is 0.495. The first-order chi connectivity index (χ1) is 10.1. The molecule has 0 atom stereocenters. The van der Waals surface area contributed by atoms with Crippen molar-refractivity contribution in [2.45, 2.75) is 30.8 Å². The molecule has 0 amide bonds. The van der Waals surface area contributed by atoms with Crippen molar-refractivity contribution in [3.8, 4) is 0 Å². The maximum Gasteiger partial charge on any atom is 0.242 e. The highest BCUT2D eigenvalue weighted by molar-refractivity contribution is 7.89. The molecule has 0 aliphatic heterocycles. The van der Waals surface area contributed by atoms with Crippen LogP contribution in [0.1, 0.15) is 18.5 Å². The third kappa shape index (κ3) is 4.62. The molecule has 0 bridgehead atoms. The summed E-state index contributed by atoms with van der Waals surface area (Å²) >= 11 is 0. The first-order valence-corrected chi connectivity index (χ1v) is 8.20. The van der Waals surface area contributed by atoms with E-state index in [-0.39, 0.29) is 4.90 Å². The van der Waals surface area contributed by atoms with Crippen molar-refractivity contribution in [3.63, 3.8) is 0 Å². The van der Waals surface area contributed by atoms with E-state index in [4.69, 9.17) is 5.73 Å². The standard InChI is InChI=1S/C13H19N5O2S/c14-9-12-3-4-13(10-16-12)21(19,20)17-5-1-2-7-18-8-6-15-11-18/h3-4,6,8,10-11,17H,1-2,5,7,9,14H2. The average Bonchev–Trinajstić information content (AvgIpc) is 3.00. The summed E-state index contributed by atoms with van der Waals surface area (Å²) in [6.07, 6.45) is 8.31. The van der Waals surface area contributed by atoms with Crippen LogP contribution in [0.4, 0.5) is 0 Å². The summed E-state index contributed by atoms with van der Waals surface area (Å²) in [5.41, 5.74) is 6.09. The highest BCUT2D eigenvalue weighted by Gasteiger charge is 2.13. The van der Waals surface area contributed by atoms with Crippen molar-refractivity contribution in [1.29, 1.82) is 0 Å². The van der Waals surface area contributed by atoms with Crippen molar-refractivity contribution < 1.29 is 8.42 Å². The van der Waals surface area contributed by atoms with Gasteiger partial charge in [-0.15, -0.1) is 0 Å². The Morgan fingerprint density at radius 2 is 2.14 bits per heavy atom. The van der Waals surface area contributed by atoms with Crippen molar-refractivity contribution in [1.82, 2.24) is 19.3 Å². The molecule has 0 aliphatic rings. The number of hydrogen-bond donors (Lipinski definition) is 2. The lowest BCUT2D eigenvalue weighted by Gasteiger charge is -2.07. The van der Waals surface area contributed by atoms with E-state index in [1.807, 2.05) is 10.8 Å². The van der Waals surface area contributed by atoms with Crippen LogP contribution in [-0.4, -0.2) is 29.5 Å². The van der Waals surface area contributed by atoms with Crippen LogP contribution in [0.3, 0.4) is 0 Å². The van der Waals surface area contributed by atoms with Gasteiger partial charge in [0.25, 0.3) is 0 Å². The first kappa shape index (κ1) is 15.6. The fourth-order valence-electron chi connectivity index (χ4n) is 1.82. The van der Waals surface area contributed by atoms with E-state index in [1.165, 1.54) is 12.3 Å². The van der Waals surface area contributed by atoms with Crippen LogP contribution in [-0.2, 0) is 23.1 Å². The zero-order valence-electron chi connectivity index (χ0n) is 11.6. The Kier molecular flexibility index (Phi) is 5.43. The summed E-state index contributed by atoms with van der Waals surface area (Å²) in [5, 5.41) is 0. The summed E-state index contributed by atoms with van der Waals surface area (Å²) in [7, 11) is -3.49. The Balaban J connectivity index is 1.78. The average molecular weight is 309 g/mol. The summed E-state index contributed by atoms with van der Waals surface area (Å²) in [4.78, 5) is 8.10. The maximum atomic E-state index is 12.0. The minimum atomic E-state index is -3.49. The number of rotatable bonds is 8. The van der Waals surface area contributed by atoms with E-state index in [9.17, 15) is 8.42 Å². The van der Waals surface area contributed by atoms with Crippen LogP contribution in [0, 0.1) is 0 Å². The molecule has 2 aromatic heterocycles. The molecular formula is C13H19N5O2S. The number of nitrogens with zero attached hydrogens (tertiary/aromatic N) is 3. The molecule has 0 aromatic carbocycles. The van der Waals surface area contributed by atoms with Gasteiger partial charge in [0.15, 0.2) is 0 Å². The molecule has 7 nitrogen and oxygen atoms in total. The molecule has 0 aliphatic carbocycles. The van der Waals surface area contributed by atoms with Crippen molar-refractivity contribution in [2.75, 3.05) is 6.54 Å². The van der Waals surface area contributed by atoms with Gasteiger partial charge in [0.2, 0.25) is 10.0 Å². The number of hydrogen-bond acceptors (Lipinski definition) is 5. The van der Waals surface area contributed by atoms with Gasteiger partial charge in [-0.1, -0.05) is 0 Å². The summed E-state index contributed by atoms with van der Waals surface area (Å²) in [6, 6.07) is 3.14. The fourth-order valence-corrected chi connectivity index (χ4v) is 2.84. The highest BCUT2D eigenvalue weighted by Crippen LogP contribution is 2.07. The van der Waals surface area contributed by atoms with Crippen LogP contribution in [0.15, 0.2) is 41.9 Å². The Bertz CT molecular complexity index is 638. The second kappa shape index (κ2) is 7.30. The minimum Gasteiger partial charge on any atom is -0.337 e. The number of nitrogens with one attached hydrogen (secondary N) is 1. The normalized spacial score (nSPS) is 11.7. The second-order valence-electron chi connectivity index (χ2n) is 4.59. The van der Waals surface area contributed by atoms with Gasteiger partial charge >= 0.3 is 0 Å². The molecule has 0 radical (unpaired) electrons. The summed E-state index contributed by atoms with van der Waals surface area (Å²) in [5.74, 6) is 0. The fraction of sp³-hybridized carbons (Fsp3) is 0.385. The number of pyridine rings is 1. The van der Waals surface area contributed by atoms with Crippen molar-refractivity contribution in [2.24, 2.45) is 5.73 Å². The third-order valence-corrected chi connectivity index (χ3v) is 4.46. The Labute approximate surface area is 124 Å². The maximum absolute atomic E-state index is 12.0. The largest absolute Gasteiger partial charge is 0.337 e. The SMILES string of the molecule is NCc1ccc(S(=O)(=O)NCCCCn2ccnc2)cn1. The van der Waals surface area contributed by atoms with E-state index in [2.05, 4.69) is 14.7 Å². The first-order valence-electron chi connectivity index (χ1n) is 6.72. The van der Waals surface area contributed by atoms with Gasteiger partial charge in [-0.3, -0.25) is 4.98 Å². The van der Waals surface area contributed by atoms with Crippen LogP contribution in [0.5, 0.6) is 0 Å². The number of imidazole rings is 1. The molecule has 2 rings (SSSR count). The van der Waals surface area contributed by atoms with Crippen molar-refractivity contribution in [3.05, 3.63) is 42.7 Å². The van der Waals surface area contributed by atoms with Crippen LogP contribution in [0.2, 0.25) is 0 Å². The molecular weight excluding hydrogens is 290 g/mol. The van der Waals surface area contributed by atoms with Gasteiger partial charge in [-0.25, -0.2) is 18.1 Å². The van der Waals surface area contributed by atoms with E-state index < -0.39 is 10.0 Å². The molecule has 0 spiro atoms. The van der Waals surface area contributed by atoms with Gasteiger partial charge in [-0.05, 0) is 25.0 Å². The number of unbranched alkanes of at least 4 members (excludes halogenated alkanes) is 1. The van der Waals surface area contributed by atoms with E-state index in [0.29, 0.717) is 18.8 Å². The molecule has 8 heteroatoms. The molecule has 114 valence electrons. The molecule has 0 fully saturated rings. The Morgan fingerprint density at radius 1 is 1.29 bits per heavy atom. The topological polar surface area (TPSA) is 103 Å². The van der Waals surface area contributed by atoms with Gasteiger partial charge < -0.3 is 10.3 Å². The Morgan fingerprint density at radius 3 is 2.76 bits per heavy atom. The quantitative estimate of drug-likeness (QED) is 0.691. The van der Waals surface area contributed by atoms with Gasteiger partial charge in [-0.2, -0.15) is 0 Å². The molecule has 0 saturated carbocycles. The van der Waals surface area contributed by atoms with Gasteiger partial charge in [0.05, 0.1) is 12.0 Å². The number of aryl methyl sites for hydroxylation is 1. The lowest BCUT2D eigenvalue weighted by atomic mass is 10.3. The Hall–Kier alpha value is -1.77. The zero-order valence-corrected chi connectivity index (χ0v) is 12.5. The summed E-state index contributed by atoms with van der Waals surface area (Å²) < 4.78 is 28.6. The van der Waals surface area contributed by atoms with Gasteiger partial charge in [0, 0.05) is 38.2 Å². The van der Waals surface area contributed by atoms with Crippen LogP contribution in [0.25, 0.3) is 0 Å². The zero-order chi connectivity index (χ0) is 15.1. The molecule has 3 N–H and O–H groups in total. The highest BCUT2D eigenvalue weighted by atomic mass is 32.2. The number of sulfonamides is 1. The van der Waals surface area contributed by atoms with E-state index in [0.717, 1.165) is 19.4 Å². The number of nitrogens with two attached hydrogens (primary N) is 1. The number of aromatic nitrogens is 3. The van der Waals surface area contributed by atoms with Crippen molar-refractivity contribution >= 4 is 10.0 Å². The van der Waals surface area contributed by atoms with E-state index >= 15 is 0 Å². The molecule has 21 heavy (non-hydrogen) atoms.